The maximum atomic E-state index is 10.9. The van der Waals surface area contributed by atoms with Crippen molar-refractivity contribution in [1.29, 1.82) is 0 Å². The minimum atomic E-state index is -2.47. The Morgan fingerprint density at radius 3 is 2.14 bits per heavy atom. The molecule has 2 unspecified atom stereocenters. The summed E-state index contributed by atoms with van der Waals surface area (Å²) in [5, 5.41) is 0. The SMILES string of the molecule is O=[P+](O)C[C@@H](c1ccccc1)[P+](=O)O. The highest BCUT2D eigenvalue weighted by Gasteiger charge is 2.38. The van der Waals surface area contributed by atoms with Gasteiger partial charge in [-0.2, -0.15) is 9.79 Å². The highest BCUT2D eigenvalue weighted by Crippen LogP contribution is 2.42. The van der Waals surface area contributed by atoms with Crippen molar-refractivity contribution in [3.8, 4) is 0 Å². The van der Waals surface area contributed by atoms with Crippen molar-refractivity contribution >= 4 is 16.1 Å². The van der Waals surface area contributed by atoms with Crippen LogP contribution in [-0.4, -0.2) is 15.9 Å². The van der Waals surface area contributed by atoms with Crippen molar-refractivity contribution in [3.63, 3.8) is 0 Å². The van der Waals surface area contributed by atoms with Crippen LogP contribution < -0.4 is 0 Å². The van der Waals surface area contributed by atoms with E-state index >= 15 is 0 Å². The Labute approximate surface area is 83.3 Å². The van der Waals surface area contributed by atoms with Crippen LogP contribution in [0.1, 0.15) is 11.2 Å². The predicted molar refractivity (Wildman–Crippen MR) is 53.7 cm³/mol. The van der Waals surface area contributed by atoms with Gasteiger partial charge in [-0.3, -0.25) is 0 Å². The largest absolute Gasteiger partial charge is 0.518 e. The number of benzene rings is 1. The molecule has 1 aromatic rings. The molecular weight excluding hydrogens is 222 g/mol. The third-order valence-electron chi connectivity index (χ3n) is 1.78. The first-order chi connectivity index (χ1) is 6.61. The van der Waals surface area contributed by atoms with Gasteiger partial charge in [0.15, 0.2) is 0 Å². The van der Waals surface area contributed by atoms with Crippen molar-refractivity contribution in [3.05, 3.63) is 35.9 Å². The van der Waals surface area contributed by atoms with Crippen LogP contribution in [0.5, 0.6) is 0 Å². The molecule has 6 heteroatoms. The summed E-state index contributed by atoms with van der Waals surface area (Å²) in [5.41, 5.74) is -0.131. The average molecular weight is 232 g/mol. The molecule has 74 valence electrons. The quantitative estimate of drug-likeness (QED) is 0.780. The van der Waals surface area contributed by atoms with E-state index in [1.807, 2.05) is 0 Å². The lowest BCUT2D eigenvalue weighted by molar-refractivity contribution is 0.482. The van der Waals surface area contributed by atoms with Gasteiger partial charge in [-0.15, -0.1) is 0 Å². The van der Waals surface area contributed by atoms with E-state index in [9.17, 15) is 9.13 Å². The summed E-state index contributed by atoms with van der Waals surface area (Å²) in [6.07, 6.45) is -0.176. The molecule has 0 aromatic heterocycles. The van der Waals surface area contributed by atoms with Crippen molar-refractivity contribution < 1.29 is 18.9 Å². The van der Waals surface area contributed by atoms with Crippen LogP contribution in [0.15, 0.2) is 30.3 Å². The molecule has 0 amide bonds. The highest BCUT2D eigenvalue weighted by molar-refractivity contribution is 7.43. The molecule has 4 nitrogen and oxygen atoms in total. The molecule has 1 aromatic carbocycles. The number of hydrogen-bond acceptors (Lipinski definition) is 2. The Kier molecular flexibility index (Phi) is 4.30. The average Bonchev–Trinajstić information content (AvgIpc) is 2.15. The Morgan fingerprint density at radius 1 is 1.14 bits per heavy atom. The monoisotopic (exact) mass is 232 g/mol. The fourth-order valence-corrected chi connectivity index (χ4v) is 3.04. The van der Waals surface area contributed by atoms with Gasteiger partial charge in [-0.05, 0) is 9.13 Å². The minimum Gasteiger partial charge on any atom is -0.161 e. The maximum absolute atomic E-state index is 10.9. The first-order valence-corrected chi connectivity index (χ1v) is 6.63. The van der Waals surface area contributed by atoms with Gasteiger partial charge >= 0.3 is 16.1 Å². The van der Waals surface area contributed by atoms with Crippen LogP contribution in [0.25, 0.3) is 0 Å². The highest BCUT2D eigenvalue weighted by atomic mass is 31.1. The normalized spacial score (nSPS) is 14.7. The van der Waals surface area contributed by atoms with Gasteiger partial charge in [0.05, 0.1) is 0 Å². The molecule has 14 heavy (non-hydrogen) atoms. The molecule has 0 spiro atoms. The van der Waals surface area contributed by atoms with E-state index in [0.29, 0.717) is 5.56 Å². The molecule has 0 fully saturated rings. The summed E-state index contributed by atoms with van der Waals surface area (Å²) in [6.45, 7) is 0. The van der Waals surface area contributed by atoms with Crippen LogP contribution in [0.3, 0.4) is 0 Å². The van der Waals surface area contributed by atoms with Crippen LogP contribution in [0.2, 0.25) is 0 Å². The summed E-state index contributed by atoms with van der Waals surface area (Å²) in [6, 6.07) is 8.58. The zero-order valence-corrected chi connectivity index (χ0v) is 9.07. The van der Waals surface area contributed by atoms with Gasteiger partial charge in [0, 0.05) is 5.56 Å². The van der Waals surface area contributed by atoms with Gasteiger partial charge < -0.3 is 0 Å². The fraction of sp³-hybridized carbons (Fsp3) is 0.250. The molecule has 0 heterocycles. The summed E-state index contributed by atoms with van der Waals surface area (Å²) in [4.78, 5) is 17.7. The predicted octanol–water partition coefficient (Wildman–Crippen LogP) is 2.20. The molecule has 0 saturated heterocycles. The standard InChI is InChI=1S/C8H8O4P2/c9-13(10)6-8(14(11)12)7-4-2-1-3-5-7/h1-5,8H,6H2/p+2/t8-/m0/s1. The molecule has 0 bridgehead atoms. The van der Waals surface area contributed by atoms with Crippen LogP contribution in [0.4, 0.5) is 0 Å². The molecule has 1 rings (SSSR count). The van der Waals surface area contributed by atoms with Gasteiger partial charge in [-0.25, -0.2) is 0 Å². The fourth-order valence-electron chi connectivity index (χ4n) is 1.13. The summed E-state index contributed by atoms with van der Waals surface area (Å²) in [7, 11) is -4.86. The Morgan fingerprint density at radius 2 is 1.71 bits per heavy atom. The molecule has 0 aliphatic rings. The third kappa shape index (κ3) is 3.24. The van der Waals surface area contributed by atoms with E-state index in [4.69, 9.17) is 9.79 Å². The first-order valence-electron chi connectivity index (χ1n) is 3.95. The topological polar surface area (TPSA) is 74.6 Å². The van der Waals surface area contributed by atoms with Crippen molar-refractivity contribution in [2.45, 2.75) is 5.66 Å². The molecular formula is C8H10O4P2+2. The lowest BCUT2D eigenvalue weighted by Gasteiger charge is -1.97. The Bertz CT molecular complexity index is 338. The van der Waals surface area contributed by atoms with E-state index < -0.39 is 21.7 Å². The Hall–Kier alpha value is -0.660. The molecule has 0 aliphatic heterocycles. The van der Waals surface area contributed by atoms with E-state index in [2.05, 4.69) is 0 Å². The third-order valence-corrected chi connectivity index (χ3v) is 3.76. The molecule has 0 radical (unpaired) electrons. The van der Waals surface area contributed by atoms with Crippen molar-refractivity contribution in [1.82, 2.24) is 0 Å². The van der Waals surface area contributed by atoms with Gasteiger partial charge in [0.1, 0.15) is 0 Å². The second-order valence-corrected chi connectivity index (χ2v) is 5.06. The smallest absolute Gasteiger partial charge is 0.161 e. The Balaban J connectivity index is 2.89. The number of hydrogen-bond donors (Lipinski definition) is 2. The van der Waals surface area contributed by atoms with E-state index in [1.165, 1.54) is 0 Å². The molecule has 2 N–H and O–H groups in total. The minimum absolute atomic E-state index is 0.176. The van der Waals surface area contributed by atoms with E-state index in [-0.39, 0.29) is 6.16 Å². The zero-order valence-electron chi connectivity index (χ0n) is 7.28. The van der Waals surface area contributed by atoms with Gasteiger partial charge in [0.2, 0.25) is 6.16 Å². The molecule has 0 saturated carbocycles. The maximum Gasteiger partial charge on any atom is 0.518 e. The van der Waals surface area contributed by atoms with Crippen LogP contribution in [-0.2, 0) is 9.13 Å². The summed E-state index contributed by atoms with van der Waals surface area (Å²) < 4.78 is 21.5. The molecule has 3 atom stereocenters. The van der Waals surface area contributed by atoms with Crippen molar-refractivity contribution in [2.24, 2.45) is 0 Å². The zero-order chi connectivity index (χ0) is 10.6. The number of rotatable bonds is 4. The summed E-state index contributed by atoms with van der Waals surface area (Å²) in [5.74, 6) is 0. The van der Waals surface area contributed by atoms with Crippen LogP contribution in [0, 0.1) is 0 Å². The van der Waals surface area contributed by atoms with E-state index in [0.717, 1.165) is 0 Å². The lowest BCUT2D eigenvalue weighted by atomic mass is 10.2. The van der Waals surface area contributed by atoms with Crippen LogP contribution >= 0.6 is 16.1 Å². The van der Waals surface area contributed by atoms with Crippen molar-refractivity contribution in [2.75, 3.05) is 6.16 Å². The van der Waals surface area contributed by atoms with Gasteiger partial charge in [0.25, 0.3) is 5.66 Å². The van der Waals surface area contributed by atoms with Gasteiger partial charge in [-0.1, -0.05) is 30.3 Å². The summed E-state index contributed by atoms with van der Waals surface area (Å²) >= 11 is 0. The second-order valence-electron chi connectivity index (χ2n) is 2.76. The van der Waals surface area contributed by atoms with E-state index in [1.54, 1.807) is 30.3 Å². The molecule has 0 aliphatic carbocycles. The second kappa shape index (κ2) is 5.28. The lowest BCUT2D eigenvalue weighted by Crippen LogP contribution is -1.96. The first kappa shape index (κ1) is 11.4.